The molecule has 4 nitrogen and oxygen atoms in total. The summed E-state index contributed by atoms with van der Waals surface area (Å²) in [4.78, 5) is 12.1. The van der Waals surface area contributed by atoms with Crippen molar-refractivity contribution in [2.45, 2.75) is 25.4 Å². The van der Waals surface area contributed by atoms with E-state index in [9.17, 15) is 4.79 Å². The van der Waals surface area contributed by atoms with E-state index in [-0.39, 0.29) is 31.1 Å². The summed E-state index contributed by atoms with van der Waals surface area (Å²) in [5.41, 5.74) is 1.05. The van der Waals surface area contributed by atoms with Gasteiger partial charge >= 0.3 is 0 Å². The van der Waals surface area contributed by atoms with E-state index in [1.807, 2.05) is 16.8 Å². The lowest BCUT2D eigenvalue weighted by Crippen LogP contribution is -2.35. The van der Waals surface area contributed by atoms with Crippen LogP contribution < -0.4 is 5.32 Å². The SMILES string of the molecule is O=C(NC[C@@H](OCCO)c1ccsc1)[C@@H]1CC=CCC1. The largest absolute Gasteiger partial charge is 0.394 e. The zero-order valence-corrected chi connectivity index (χ0v) is 12.3. The summed E-state index contributed by atoms with van der Waals surface area (Å²) in [6.45, 7) is 0.723. The van der Waals surface area contributed by atoms with Gasteiger partial charge in [0.15, 0.2) is 0 Å². The van der Waals surface area contributed by atoms with Crippen LogP contribution in [0.5, 0.6) is 0 Å². The quantitative estimate of drug-likeness (QED) is 0.759. The standard InChI is InChI=1S/C15H21NO3S/c17-7-8-19-14(13-6-9-20-11-13)10-16-15(18)12-4-2-1-3-5-12/h1-2,6,9,11-12,14,17H,3-5,7-8,10H2,(H,16,18)/t12-,14-/m1/s1. The normalized spacial score (nSPS) is 19.8. The monoisotopic (exact) mass is 295 g/mol. The van der Waals surface area contributed by atoms with Gasteiger partial charge in [0.1, 0.15) is 6.10 Å². The molecule has 20 heavy (non-hydrogen) atoms. The van der Waals surface area contributed by atoms with Gasteiger partial charge in [-0.2, -0.15) is 11.3 Å². The van der Waals surface area contributed by atoms with Crippen LogP contribution in [-0.4, -0.2) is 30.8 Å². The number of hydrogen-bond donors (Lipinski definition) is 2. The first-order valence-electron chi connectivity index (χ1n) is 6.98. The molecule has 0 fully saturated rings. The Kier molecular flexibility index (Phi) is 6.24. The first-order chi connectivity index (χ1) is 9.81. The molecule has 2 rings (SSSR count). The summed E-state index contributed by atoms with van der Waals surface area (Å²) in [7, 11) is 0. The van der Waals surface area contributed by atoms with Gasteiger partial charge in [0.05, 0.1) is 13.2 Å². The number of amides is 1. The van der Waals surface area contributed by atoms with Gasteiger partial charge in [0, 0.05) is 12.5 Å². The molecule has 1 aromatic rings. The summed E-state index contributed by atoms with van der Waals surface area (Å²) in [5.74, 6) is 0.183. The Morgan fingerprint density at radius 1 is 1.55 bits per heavy atom. The van der Waals surface area contributed by atoms with Crippen molar-refractivity contribution in [2.24, 2.45) is 5.92 Å². The van der Waals surface area contributed by atoms with Crippen LogP contribution in [0.1, 0.15) is 30.9 Å². The number of nitrogens with one attached hydrogen (secondary N) is 1. The van der Waals surface area contributed by atoms with E-state index in [0.29, 0.717) is 6.54 Å². The van der Waals surface area contributed by atoms with E-state index in [1.165, 1.54) is 0 Å². The van der Waals surface area contributed by atoms with Crippen LogP contribution in [0, 0.1) is 5.92 Å². The van der Waals surface area contributed by atoms with Crippen molar-refractivity contribution in [1.29, 1.82) is 0 Å². The molecule has 1 aliphatic carbocycles. The molecule has 2 N–H and O–H groups in total. The molecule has 5 heteroatoms. The maximum atomic E-state index is 12.1. The Morgan fingerprint density at radius 2 is 2.45 bits per heavy atom. The van der Waals surface area contributed by atoms with E-state index < -0.39 is 0 Å². The maximum absolute atomic E-state index is 12.1. The van der Waals surface area contributed by atoms with E-state index in [0.717, 1.165) is 24.8 Å². The van der Waals surface area contributed by atoms with E-state index >= 15 is 0 Å². The van der Waals surface area contributed by atoms with Gasteiger partial charge in [-0.1, -0.05) is 12.2 Å². The van der Waals surface area contributed by atoms with Crippen molar-refractivity contribution in [3.05, 3.63) is 34.5 Å². The number of carbonyl (C=O) groups excluding carboxylic acids is 1. The molecule has 0 aromatic carbocycles. The fourth-order valence-electron chi connectivity index (χ4n) is 2.30. The molecule has 1 aromatic heterocycles. The molecule has 1 aliphatic rings. The molecule has 110 valence electrons. The Labute approximate surface area is 123 Å². The van der Waals surface area contributed by atoms with E-state index in [1.54, 1.807) is 11.3 Å². The Bertz CT molecular complexity index is 430. The van der Waals surface area contributed by atoms with Gasteiger partial charge in [0.25, 0.3) is 0 Å². The zero-order chi connectivity index (χ0) is 14.2. The third-order valence-electron chi connectivity index (χ3n) is 3.43. The lowest BCUT2D eigenvalue weighted by Gasteiger charge is -2.21. The Hall–Kier alpha value is -1.17. The van der Waals surface area contributed by atoms with Crippen LogP contribution in [0.3, 0.4) is 0 Å². The molecular weight excluding hydrogens is 274 g/mol. The van der Waals surface area contributed by atoms with Gasteiger partial charge in [-0.25, -0.2) is 0 Å². The van der Waals surface area contributed by atoms with E-state index in [4.69, 9.17) is 9.84 Å². The average Bonchev–Trinajstić information content (AvgIpc) is 3.02. The number of carbonyl (C=O) groups is 1. The number of aliphatic hydroxyl groups is 1. The van der Waals surface area contributed by atoms with Crippen LogP contribution in [0.4, 0.5) is 0 Å². The first-order valence-corrected chi connectivity index (χ1v) is 7.93. The first kappa shape index (κ1) is 15.2. The molecule has 0 bridgehead atoms. The fourth-order valence-corrected chi connectivity index (χ4v) is 3.00. The number of allylic oxidation sites excluding steroid dienone is 2. The van der Waals surface area contributed by atoms with Crippen LogP contribution in [-0.2, 0) is 9.53 Å². The van der Waals surface area contributed by atoms with Crippen molar-refractivity contribution in [1.82, 2.24) is 5.32 Å². The minimum atomic E-state index is -0.184. The molecule has 1 heterocycles. The minimum Gasteiger partial charge on any atom is -0.394 e. The highest BCUT2D eigenvalue weighted by molar-refractivity contribution is 7.07. The van der Waals surface area contributed by atoms with Crippen molar-refractivity contribution in [2.75, 3.05) is 19.8 Å². The Balaban J connectivity index is 1.84. The molecule has 0 radical (unpaired) electrons. The Morgan fingerprint density at radius 3 is 3.10 bits per heavy atom. The highest BCUT2D eigenvalue weighted by Crippen LogP contribution is 2.21. The predicted octanol–water partition coefficient (Wildman–Crippen LogP) is 2.27. The summed E-state index contributed by atoms with van der Waals surface area (Å²) in [6.07, 6.45) is 6.74. The molecule has 0 spiro atoms. The lowest BCUT2D eigenvalue weighted by atomic mass is 9.93. The minimum absolute atomic E-state index is 0.0119. The van der Waals surface area contributed by atoms with Gasteiger partial charge in [-0.3, -0.25) is 4.79 Å². The van der Waals surface area contributed by atoms with Crippen molar-refractivity contribution < 1.29 is 14.6 Å². The second-order valence-corrected chi connectivity index (χ2v) is 5.65. The highest BCUT2D eigenvalue weighted by atomic mass is 32.1. The van der Waals surface area contributed by atoms with Crippen molar-refractivity contribution in [3.63, 3.8) is 0 Å². The zero-order valence-electron chi connectivity index (χ0n) is 11.5. The van der Waals surface area contributed by atoms with Crippen LogP contribution >= 0.6 is 11.3 Å². The van der Waals surface area contributed by atoms with Crippen LogP contribution in [0.15, 0.2) is 29.0 Å². The topological polar surface area (TPSA) is 58.6 Å². The highest BCUT2D eigenvalue weighted by Gasteiger charge is 2.20. The second kappa shape index (κ2) is 8.19. The summed E-state index contributed by atoms with van der Waals surface area (Å²) >= 11 is 1.60. The van der Waals surface area contributed by atoms with Crippen LogP contribution in [0.25, 0.3) is 0 Å². The lowest BCUT2D eigenvalue weighted by molar-refractivity contribution is -0.126. The molecule has 0 aliphatic heterocycles. The number of hydrogen-bond acceptors (Lipinski definition) is 4. The molecule has 1 amide bonds. The average molecular weight is 295 g/mol. The third kappa shape index (κ3) is 4.44. The molecule has 0 unspecified atom stereocenters. The predicted molar refractivity (Wildman–Crippen MR) is 79.6 cm³/mol. The van der Waals surface area contributed by atoms with Crippen molar-refractivity contribution in [3.8, 4) is 0 Å². The summed E-state index contributed by atoms with van der Waals surface area (Å²) < 4.78 is 5.60. The van der Waals surface area contributed by atoms with Gasteiger partial charge in [0.2, 0.25) is 5.91 Å². The number of rotatable bonds is 7. The maximum Gasteiger partial charge on any atom is 0.223 e. The smallest absolute Gasteiger partial charge is 0.223 e. The number of thiophene rings is 1. The second-order valence-electron chi connectivity index (χ2n) is 4.87. The third-order valence-corrected chi connectivity index (χ3v) is 4.13. The fraction of sp³-hybridized carbons (Fsp3) is 0.533. The summed E-state index contributed by atoms with van der Waals surface area (Å²) in [6, 6.07) is 1.99. The number of ether oxygens (including phenoxy) is 1. The van der Waals surface area contributed by atoms with Crippen LogP contribution in [0.2, 0.25) is 0 Å². The van der Waals surface area contributed by atoms with Crippen molar-refractivity contribution >= 4 is 17.2 Å². The van der Waals surface area contributed by atoms with Gasteiger partial charge in [-0.15, -0.1) is 0 Å². The molecule has 0 saturated carbocycles. The van der Waals surface area contributed by atoms with Gasteiger partial charge < -0.3 is 15.2 Å². The molecule has 0 saturated heterocycles. The number of aliphatic hydroxyl groups excluding tert-OH is 1. The molecule has 2 atom stereocenters. The molecular formula is C15H21NO3S. The van der Waals surface area contributed by atoms with Gasteiger partial charge in [-0.05, 0) is 41.7 Å². The van der Waals surface area contributed by atoms with E-state index in [2.05, 4.69) is 17.5 Å². The summed E-state index contributed by atoms with van der Waals surface area (Å²) in [5, 5.41) is 15.8.